The molecule has 0 aliphatic rings. The van der Waals surface area contributed by atoms with Crippen molar-refractivity contribution in [2.24, 2.45) is 0 Å². The van der Waals surface area contributed by atoms with Crippen molar-refractivity contribution in [3.63, 3.8) is 0 Å². The molecule has 0 N–H and O–H groups in total. The highest BCUT2D eigenvalue weighted by Gasteiger charge is 2.49. The van der Waals surface area contributed by atoms with Crippen LogP contribution in [0.4, 0.5) is 4.79 Å². The minimum Gasteiger partial charge on any atom is -0.445 e. The molecule has 0 fully saturated rings. The minimum atomic E-state index is -2.61. The van der Waals surface area contributed by atoms with E-state index in [4.69, 9.17) is 9.16 Å². The summed E-state index contributed by atoms with van der Waals surface area (Å²) < 4.78 is 12.8. The van der Waals surface area contributed by atoms with E-state index in [2.05, 4.69) is 88.4 Å². The van der Waals surface area contributed by atoms with Crippen molar-refractivity contribution < 1.29 is 18.8 Å². The zero-order valence-corrected chi connectivity index (χ0v) is 27.0. The summed E-state index contributed by atoms with van der Waals surface area (Å²) >= 11 is 0. The summed E-state index contributed by atoms with van der Waals surface area (Å²) in [4.78, 5) is 26.8. The molecule has 0 heterocycles. The van der Waals surface area contributed by atoms with Crippen LogP contribution >= 0.6 is 0 Å². The number of benzene rings is 3. The van der Waals surface area contributed by atoms with Crippen molar-refractivity contribution in [2.75, 3.05) is 13.2 Å². The molecule has 1 atom stereocenters. The number of amides is 1. The van der Waals surface area contributed by atoms with Crippen LogP contribution in [0.2, 0.25) is 5.04 Å². The van der Waals surface area contributed by atoms with E-state index in [1.54, 1.807) is 4.90 Å². The number of nitrogens with zero attached hydrogens (tertiary/aromatic N) is 1. The highest BCUT2D eigenvalue weighted by Crippen LogP contribution is 2.36. The standard InChI is InChI=1S/C36H49NO4Si/c1-5-6-10-21-32(26-28-38)37(35(39)40-30-31-19-11-7-12-20-31)27-17-18-29-41-42(36(2,3)4,33-22-13-8-14-23-33)34-24-15-9-16-25-34/h7-9,11-16,19-20,22-25,28,32H,5-6,10,17-18,21,26-27,29-30H2,1-4H3/t32-/m0/s1. The monoisotopic (exact) mass is 587 g/mol. The highest BCUT2D eigenvalue weighted by molar-refractivity contribution is 6.99. The normalized spacial score (nSPS) is 12.5. The zero-order chi connectivity index (χ0) is 30.3. The molecule has 3 aromatic rings. The Kier molecular flexibility index (Phi) is 13.5. The maximum atomic E-state index is 13.4. The zero-order valence-electron chi connectivity index (χ0n) is 26.0. The number of carbonyl (C=O) groups excluding carboxylic acids is 2. The summed E-state index contributed by atoms with van der Waals surface area (Å²) in [5.41, 5.74) is 0.947. The lowest BCUT2D eigenvalue weighted by atomic mass is 10.0. The van der Waals surface area contributed by atoms with E-state index in [9.17, 15) is 9.59 Å². The van der Waals surface area contributed by atoms with E-state index in [0.717, 1.165) is 50.4 Å². The molecular formula is C36H49NO4Si. The molecule has 42 heavy (non-hydrogen) atoms. The molecule has 226 valence electrons. The molecule has 0 unspecified atom stereocenters. The molecule has 0 aliphatic carbocycles. The van der Waals surface area contributed by atoms with Gasteiger partial charge in [-0.15, -0.1) is 0 Å². The number of rotatable bonds is 17. The average molecular weight is 588 g/mol. The van der Waals surface area contributed by atoms with Gasteiger partial charge in [0, 0.05) is 25.6 Å². The molecule has 1 amide bonds. The fourth-order valence-corrected chi connectivity index (χ4v) is 10.3. The van der Waals surface area contributed by atoms with E-state index in [-0.39, 0.29) is 23.8 Å². The van der Waals surface area contributed by atoms with Gasteiger partial charge in [0.05, 0.1) is 0 Å². The van der Waals surface area contributed by atoms with E-state index < -0.39 is 8.32 Å². The van der Waals surface area contributed by atoms with E-state index in [1.165, 1.54) is 10.4 Å². The number of ether oxygens (including phenoxy) is 1. The van der Waals surface area contributed by atoms with Crippen LogP contribution in [0.15, 0.2) is 91.0 Å². The van der Waals surface area contributed by atoms with Gasteiger partial charge in [0.1, 0.15) is 12.9 Å². The summed E-state index contributed by atoms with van der Waals surface area (Å²) in [5.74, 6) is 0. The third kappa shape index (κ3) is 9.14. The Hall–Kier alpha value is -3.22. The van der Waals surface area contributed by atoms with Gasteiger partial charge in [-0.1, -0.05) is 138 Å². The van der Waals surface area contributed by atoms with E-state index >= 15 is 0 Å². The third-order valence-electron chi connectivity index (χ3n) is 7.92. The second-order valence-electron chi connectivity index (χ2n) is 12.0. The van der Waals surface area contributed by atoms with Gasteiger partial charge in [0.25, 0.3) is 8.32 Å². The summed E-state index contributed by atoms with van der Waals surface area (Å²) in [6.45, 7) is 10.3. The summed E-state index contributed by atoms with van der Waals surface area (Å²) in [7, 11) is -2.61. The first-order valence-electron chi connectivity index (χ1n) is 15.5. The SMILES string of the molecule is CCCCC[C@@H](CC=O)N(CCCCO[Si](c1ccccc1)(c1ccccc1)C(C)(C)C)C(=O)OCc1ccccc1. The van der Waals surface area contributed by atoms with Crippen molar-refractivity contribution >= 4 is 31.1 Å². The second-order valence-corrected chi connectivity index (χ2v) is 16.3. The van der Waals surface area contributed by atoms with Crippen LogP contribution in [0.25, 0.3) is 0 Å². The van der Waals surface area contributed by atoms with E-state index in [1.807, 2.05) is 30.3 Å². The molecule has 0 spiro atoms. The van der Waals surface area contributed by atoms with Crippen molar-refractivity contribution in [1.29, 1.82) is 0 Å². The number of hydrogen-bond donors (Lipinski definition) is 0. The van der Waals surface area contributed by atoms with Crippen molar-refractivity contribution in [1.82, 2.24) is 4.90 Å². The van der Waals surface area contributed by atoms with Crippen LogP contribution in [-0.2, 0) is 20.6 Å². The fourth-order valence-electron chi connectivity index (χ4n) is 5.74. The van der Waals surface area contributed by atoms with Crippen LogP contribution in [0, 0.1) is 0 Å². The Bertz CT molecular complexity index is 1140. The van der Waals surface area contributed by atoms with Crippen LogP contribution in [0.3, 0.4) is 0 Å². The Balaban J connectivity index is 1.73. The smallest absolute Gasteiger partial charge is 0.410 e. The minimum absolute atomic E-state index is 0.0860. The van der Waals surface area contributed by atoms with Crippen molar-refractivity contribution in [2.45, 2.75) is 90.3 Å². The molecule has 0 bridgehead atoms. The molecule has 5 nitrogen and oxygen atoms in total. The molecule has 0 aliphatic heterocycles. The van der Waals surface area contributed by atoms with Crippen molar-refractivity contribution in [3.8, 4) is 0 Å². The largest absolute Gasteiger partial charge is 0.445 e. The Morgan fingerprint density at radius 1 is 0.833 bits per heavy atom. The van der Waals surface area contributed by atoms with Gasteiger partial charge < -0.3 is 18.9 Å². The summed E-state index contributed by atoms with van der Waals surface area (Å²) in [6.07, 6.45) is 6.41. The lowest BCUT2D eigenvalue weighted by molar-refractivity contribution is -0.108. The van der Waals surface area contributed by atoms with Gasteiger partial charge in [0.15, 0.2) is 0 Å². The highest BCUT2D eigenvalue weighted by atomic mass is 28.4. The van der Waals surface area contributed by atoms with Crippen LogP contribution in [-0.4, -0.2) is 44.8 Å². The average Bonchev–Trinajstić information content (AvgIpc) is 3.00. The molecule has 3 aromatic carbocycles. The van der Waals surface area contributed by atoms with Crippen LogP contribution in [0.1, 0.15) is 78.2 Å². The molecule has 6 heteroatoms. The van der Waals surface area contributed by atoms with Gasteiger partial charge in [-0.05, 0) is 40.2 Å². The van der Waals surface area contributed by atoms with Crippen molar-refractivity contribution in [3.05, 3.63) is 96.6 Å². The predicted octanol–water partition coefficient (Wildman–Crippen LogP) is 7.52. The molecule has 0 aromatic heterocycles. The number of hydrogen-bond acceptors (Lipinski definition) is 4. The number of unbranched alkanes of at least 4 members (excludes halogenated alkanes) is 3. The topological polar surface area (TPSA) is 55.8 Å². The van der Waals surface area contributed by atoms with Crippen LogP contribution < -0.4 is 10.4 Å². The lowest BCUT2D eigenvalue weighted by Crippen LogP contribution is -2.66. The Labute approximate surface area is 254 Å². The number of carbonyl (C=O) groups is 2. The number of aldehydes is 1. The predicted molar refractivity (Wildman–Crippen MR) is 175 cm³/mol. The molecule has 0 radical (unpaired) electrons. The first-order chi connectivity index (χ1) is 20.3. The van der Waals surface area contributed by atoms with Gasteiger partial charge >= 0.3 is 6.09 Å². The molecule has 0 saturated heterocycles. The summed E-state index contributed by atoms with van der Waals surface area (Å²) in [6, 6.07) is 30.9. The fraction of sp³-hybridized carbons (Fsp3) is 0.444. The van der Waals surface area contributed by atoms with Crippen LogP contribution in [0.5, 0.6) is 0 Å². The maximum absolute atomic E-state index is 13.4. The molecule has 0 saturated carbocycles. The van der Waals surface area contributed by atoms with Gasteiger partial charge in [-0.2, -0.15) is 0 Å². The maximum Gasteiger partial charge on any atom is 0.410 e. The molecule has 3 rings (SSSR count). The van der Waals surface area contributed by atoms with Gasteiger partial charge in [-0.25, -0.2) is 4.79 Å². The first kappa shape index (κ1) is 33.3. The van der Waals surface area contributed by atoms with Gasteiger partial charge in [-0.3, -0.25) is 0 Å². The van der Waals surface area contributed by atoms with E-state index in [0.29, 0.717) is 19.6 Å². The second kappa shape index (κ2) is 17.0. The third-order valence-corrected chi connectivity index (χ3v) is 13.0. The Morgan fingerprint density at radius 2 is 1.40 bits per heavy atom. The van der Waals surface area contributed by atoms with Gasteiger partial charge in [0.2, 0.25) is 0 Å². The molecular weight excluding hydrogens is 538 g/mol. The lowest BCUT2D eigenvalue weighted by Gasteiger charge is -2.43. The summed E-state index contributed by atoms with van der Waals surface area (Å²) in [5, 5.41) is 2.44. The Morgan fingerprint density at radius 3 is 1.93 bits per heavy atom. The first-order valence-corrected chi connectivity index (χ1v) is 17.4. The quantitative estimate of drug-likeness (QED) is 0.0931.